The van der Waals surface area contributed by atoms with Crippen LogP contribution in [0.4, 0.5) is 17.3 Å². The van der Waals surface area contributed by atoms with Gasteiger partial charge in [-0.05, 0) is 102 Å². The minimum absolute atomic E-state index is 0.0791. The quantitative estimate of drug-likeness (QED) is 0.0831. The number of hydrogen-bond acceptors (Lipinski definition) is 14. The van der Waals surface area contributed by atoms with Crippen molar-refractivity contribution in [2.24, 2.45) is 0 Å². The number of amides is 1. The van der Waals surface area contributed by atoms with E-state index >= 15 is 0 Å². The fourth-order valence-electron chi connectivity index (χ4n) is 10.6. The number of carbonyl (C=O) groups excluding carboxylic acids is 1. The molecule has 3 saturated heterocycles. The lowest BCUT2D eigenvalue weighted by Crippen LogP contribution is -2.57. The third-order valence-electron chi connectivity index (χ3n) is 14.4. The van der Waals surface area contributed by atoms with E-state index in [-0.39, 0.29) is 18.0 Å². The van der Waals surface area contributed by atoms with Crippen LogP contribution in [0.1, 0.15) is 79.9 Å². The number of aromatic nitrogens is 4. The van der Waals surface area contributed by atoms with E-state index in [1.807, 2.05) is 11.8 Å². The lowest BCUT2D eigenvalue weighted by molar-refractivity contribution is -0.129. The van der Waals surface area contributed by atoms with Crippen LogP contribution in [0.5, 0.6) is 12.0 Å². The fraction of sp³-hybridized carbons (Fsp3) is 0.569. The van der Waals surface area contributed by atoms with E-state index in [0.717, 1.165) is 105 Å². The number of likely N-dealkylation sites (tertiary alicyclic amines) is 2. The van der Waals surface area contributed by atoms with E-state index in [4.69, 9.17) is 39.4 Å². The molecule has 352 valence electrons. The van der Waals surface area contributed by atoms with Crippen molar-refractivity contribution < 1.29 is 19.0 Å². The van der Waals surface area contributed by atoms with Crippen LogP contribution in [0.2, 0.25) is 0 Å². The zero-order chi connectivity index (χ0) is 46.3. The normalized spacial score (nSPS) is 21.3. The van der Waals surface area contributed by atoms with E-state index in [9.17, 15) is 4.79 Å². The van der Waals surface area contributed by atoms with Gasteiger partial charge in [0.1, 0.15) is 24.8 Å². The Morgan fingerprint density at radius 2 is 1.74 bits per heavy atom. The largest absolute Gasteiger partial charge is 0.462 e. The summed E-state index contributed by atoms with van der Waals surface area (Å²) in [6.45, 7) is 18.3. The van der Waals surface area contributed by atoms with E-state index in [0.29, 0.717) is 76.4 Å². The third kappa shape index (κ3) is 10.2. The molecule has 0 radical (unpaired) electrons. The van der Waals surface area contributed by atoms with Crippen LogP contribution in [0.25, 0.3) is 10.8 Å². The summed E-state index contributed by atoms with van der Waals surface area (Å²) < 4.78 is 18.6. The molecule has 2 aromatic heterocycles. The number of unbranched alkanes of at least 4 members (excludes halogenated alkanes) is 1. The Balaban J connectivity index is 1.04. The van der Waals surface area contributed by atoms with E-state index < -0.39 is 0 Å². The van der Waals surface area contributed by atoms with Gasteiger partial charge >= 0.3 is 12.0 Å². The molecule has 3 fully saturated rings. The fourth-order valence-corrected chi connectivity index (χ4v) is 10.6. The number of anilines is 3. The zero-order valence-corrected chi connectivity index (χ0v) is 40.0. The summed E-state index contributed by atoms with van der Waals surface area (Å²) in [5.41, 5.74) is 6.74. The average molecular weight is 900 g/mol. The Morgan fingerprint density at radius 1 is 0.939 bits per heavy atom. The first-order valence-corrected chi connectivity index (χ1v) is 24.1. The van der Waals surface area contributed by atoms with Gasteiger partial charge in [0.15, 0.2) is 0 Å². The second-order valence-electron chi connectivity index (χ2n) is 18.5. The molecule has 0 N–H and O–H groups in total. The molecule has 2 unspecified atom stereocenters. The standard InChI is InChI=1S/C51H69N11O4/c1-8-42-35(4)53-50(55-48(42)59(10-3)22-14-13-20-52)66-34-40-27-38(29-58(40)6)37-26-36-16-11-12-18-43(36)46(28-37)60-23-19-44-45(31-60)54-51(65-33-39-17-15-21-57(39)5)56-49(44)61-24-25-62(47(63)9-2)41(30-61)32-64-7/h9,11-12,16,18,26,28,38-41H,2,8,10,13-15,17,19,21-25,27,29-34H2,1,3-7H3/t38?,39-,40-,41?/m0/s1. The van der Waals surface area contributed by atoms with Crippen molar-refractivity contribution >= 4 is 34.0 Å². The van der Waals surface area contributed by atoms with Crippen LogP contribution in [-0.2, 0) is 28.9 Å². The van der Waals surface area contributed by atoms with Gasteiger partial charge in [0.05, 0.1) is 31.0 Å². The minimum Gasteiger partial charge on any atom is -0.462 e. The summed E-state index contributed by atoms with van der Waals surface area (Å²) in [6, 6.07) is 17.0. The number of aryl methyl sites for hydroxylation is 1. The van der Waals surface area contributed by atoms with Crippen molar-refractivity contribution in [3.63, 3.8) is 0 Å². The van der Waals surface area contributed by atoms with Crippen molar-refractivity contribution in [3.05, 3.63) is 77.1 Å². The number of piperazine rings is 1. The van der Waals surface area contributed by atoms with Crippen molar-refractivity contribution in [3.8, 4) is 18.1 Å². The molecular formula is C51H69N11O4. The number of benzene rings is 2. The maximum absolute atomic E-state index is 12.9. The number of nitrogens with zero attached hydrogens (tertiary/aromatic N) is 11. The van der Waals surface area contributed by atoms with Gasteiger partial charge in [-0.1, -0.05) is 43.8 Å². The zero-order valence-electron chi connectivity index (χ0n) is 40.0. The van der Waals surface area contributed by atoms with Crippen molar-refractivity contribution in [1.29, 1.82) is 5.26 Å². The molecule has 15 nitrogen and oxygen atoms in total. The van der Waals surface area contributed by atoms with E-state index in [1.54, 1.807) is 7.11 Å². The van der Waals surface area contributed by atoms with Crippen LogP contribution in [0, 0.1) is 18.3 Å². The van der Waals surface area contributed by atoms with Crippen molar-refractivity contribution in [2.75, 3.05) is 108 Å². The Morgan fingerprint density at radius 3 is 2.48 bits per heavy atom. The molecule has 0 spiro atoms. The molecule has 15 heteroatoms. The summed E-state index contributed by atoms with van der Waals surface area (Å²) in [6.07, 6.45) is 7.53. The maximum Gasteiger partial charge on any atom is 0.318 e. The highest BCUT2D eigenvalue weighted by molar-refractivity contribution is 5.95. The highest BCUT2D eigenvalue weighted by Gasteiger charge is 2.36. The number of nitriles is 1. The van der Waals surface area contributed by atoms with Crippen LogP contribution in [-0.4, -0.2) is 152 Å². The first-order valence-electron chi connectivity index (χ1n) is 24.1. The molecule has 66 heavy (non-hydrogen) atoms. The average Bonchev–Trinajstić information content (AvgIpc) is 3.93. The Kier molecular flexibility index (Phi) is 15.2. The van der Waals surface area contributed by atoms with Gasteiger partial charge in [0.2, 0.25) is 5.91 Å². The van der Waals surface area contributed by atoms with Crippen LogP contribution < -0.4 is 24.2 Å². The number of rotatable bonds is 18. The van der Waals surface area contributed by atoms with Gasteiger partial charge < -0.3 is 38.7 Å². The Hall–Kier alpha value is -5.56. The molecule has 4 aromatic rings. The number of carbonyl (C=O) groups is 1. The number of ether oxygens (including phenoxy) is 3. The van der Waals surface area contributed by atoms with Gasteiger partial charge in [0.25, 0.3) is 0 Å². The van der Waals surface area contributed by atoms with Crippen molar-refractivity contribution in [2.45, 2.75) is 96.3 Å². The number of likely N-dealkylation sites (N-methyl/N-ethyl adjacent to an activating group) is 2. The predicted molar refractivity (Wildman–Crippen MR) is 260 cm³/mol. The SMILES string of the molecule is C=CC(=O)N1CCN(c2nc(OC[C@@H]3CCCN3C)nc3c2CCN(c2cc(C4C[C@@H](COc5nc(C)c(CC)c(N(CC)CCCC#N)n5)N(C)C4)cc4ccccc24)C3)CC1COC. The van der Waals surface area contributed by atoms with Crippen LogP contribution in [0.3, 0.4) is 0 Å². The Bertz CT molecular complexity index is 2390. The molecule has 8 rings (SSSR count). The van der Waals surface area contributed by atoms with E-state index in [2.05, 4.69) is 101 Å². The molecule has 4 aliphatic rings. The molecule has 0 saturated carbocycles. The maximum atomic E-state index is 12.9. The topological polar surface area (TPSA) is 140 Å². The first kappa shape index (κ1) is 47.0. The van der Waals surface area contributed by atoms with Crippen molar-refractivity contribution in [1.82, 2.24) is 34.6 Å². The summed E-state index contributed by atoms with van der Waals surface area (Å²) >= 11 is 0. The minimum atomic E-state index is -0.132. The third-order valence-corrected chi connectivity index (χ3v) is 14.4. The van der Waals surface area contributed by atoms with Gasteiger partial charge in [-0.2, -0.15) is 20.2 Å². The van der Waals surface area contributed by atoms with Gasteiger partial charge in [-0.3, -0.25) is 9.69 Å². The number of fused-ring (bicyclic) bond motifs is 2. The summed E-state index contributed by atoms with van der Waals surface area (Å²) in [5.74, 6) is 2.05. The number of hydrogen-bond donors (Lipinski definition) is 0. The Labute approximate surface area is 391 Å². The summed E-state index contributed by atoms with van der Waals surface area (Å²) in [5, 5.41) is 11.6. The van der Waals surface area contributed by atoms with Gasteiger partial charge in [-0.15, -0.1) is 0 Å². The summed E-state index contributed by atoms with van der Waals surface area (Å²) in [4.78, 5) is 46.6. The smallest absolute Gasteiger partial charge is 0.318 e. The van der Waals surface area contributed by atoms with Crippen LogP contribution >= 0.6 is 0 Å². The molecule has 4 aliphatic heterocycles. The van der Waals surface area contributed by atoms with E-state index in [1.165, 1.54) is 28.1 Å². The molecule has 6 heterocycles. The monoisotopic (exact) mass is 900 g/mol. The summed E-state index contributed by atoms with van der Waals surface area (Å²) in [7, 11) is 6.04. The van der Waals surface area contributed by atoms with Gasteiger partial charge in [0, 0.05) is 99.3 Å². The molecule has 4 atom stereocenters. The highest BCUT2D eigenvalue weighted by atomic mass is 16.5. The highest BCUT2D eigenvalue weighted by Crippen LogP contribution is 2.40. The van der Waals surface area contributed by atoms with Gasteiger partial charge in [-0.25, -0.2) is 4.98 Å². The number of methoxy groups -OCH3 is 1. The first-order chi connectivity index (χ1) is 32.1. The molecular weight excluding hydrogens is 831 g/mol. The second kappa shape index (κ2) is 21.4. The van der Waals surface area contributed by atoms with Crippen LogP contribution in [0.15, 0.2) is 49.1 Å². The lowest BCUT2D eigenvalue weighted by Gasteiger charge is -2.42. The molecule has 1 amide bonds. The molecule has 2 aromatic carbocycles. The molecule has 0 aliphatic carbocycles. The lowest BCUT2D eigenvalue weighted by atomic mass is 9.92. The predicted octanol–water partition coefficient (Wildman–Crippen LogP) is 6.17. The molecule has 0 bridgehead atoms. The second-order valence-corrected chi connectivity index (χ2v) is 18.5.